The van der Waals surface area contributed by atoms with Crippen molar-refractivity contribution in [3.05, 3.63) is 48.7 Å². The quantitative estimate of drug-likeness (QED) is 0.711. The molecule has 1 aromatic carbocycles. The Bertz CT molecular complexity index is 663. The topological polar surface area (TPSA) is 82.2 Å². The lowest BCUT2D eigenvalue weighted by Gasteiger charge is -2.12. The minimum absolute atomic E-state index is 0.178. The SMILES string of the molecule is [2H]C=CC(=O)N[C@@H](Cc1c[nH]c2ccccc12)C(=O)O. The van der Waals surface area contributed by atoms with Gasteiger partial charge in [0.15, 0.2) is 0 Å². The maximum Gasteiger partial charge on any atom is 0.326 e. The monoisotopic (exact) mass is 259 g/mol. The van der Waals surface area contributed by atoms with Crippen molar-refractivity contribution in [1.82, 2.24) is 10.3 Å². The van der Waals surface area contributed by atoms with E-state index in [4.69, 9.17) is 6.48 Å². The molecule has 1 heterocycles. The van der Waals surface area contributed by atoms with Crippen LogP contribution in [0.15, 0.2) is 43.1 Å². The van der Waals surface area contributed by atoms with Gasteiger partial charge in [-0.05, 0) is 17.7 Å². The summed E-state index contributed by atoms with van der Waals surface area (Å²) < 4.78 is 6.80. The van der Waals surface area contributed by atoms with E-state index in [0.717, 1.165) is 29.1 Å². The van der Waals surface area contributed by atoms with Gasteiger partial charge >= 0.3 is 5.97 Å². The van der Waals surface area contributed by atoms with Crippen LogP contribution in [-0.2, 0) is 16.0 Å². The van der Waals surface area contributed by atoms with E-state index in [-0.39, 0.29) is 6.42 Å². The standard InChI is InChI=1S/C14H14N2O3/c1-2-13(17)16-12(14(18)19)7-9-8-15-11-6-4-3-5-10(9)11/h2-6,8,12,15H,1,7H2,(H,16,17)(H,18,19)/t12-/m0/s1/i1D. The molecule has 0 spiro atoms. The minimum Gasteiger partial charge on any atom is -0.480 e. The number of carbonyl (C=O) groups is 2. The van der Waals surface area contributed by atoms with Crippen LogP contribution in [0.2, 0.25) is 0 Å². The van der Waals surface area contributed by atoms with Gasteiger partial charge in [0, 0.05) is 23.5 Å². The molecule has 0 radical (unpaired) electrons. The normalized spacial score (nSPS) is 13.4. The zero-order valence-electron chi connectivity index (χ0n) is 11.1. The number of H-pyrrole nitrogens is 1. The van der Waals surface area contributed by atoms with Crippen LogP contribution in [0.1, 0.15) is 6.93 Å². The van der Waals surface area contributed by atoms with Crippen molar-refractivity contribution in [2.75, 3.05) is 0 Å². The second-order valence-electron chi connectivity index (χ2n) is 4.13. The fraction of sp³-hybridized carbons (Fsp3) is 0.143. The molecule has 2 aromatic rings. The molecule has 1 aromatic heterocycles. The van der Waals surface area contributed by atoms with Crippen LogP contribution in [0.25, 0.3) is 10.9 Å². The fourth-order valence-corrected chi connectivity index (χ4v) is 1.94. The molecule has 0 saturated heterocycles. The molecular formula is C14H14N2O3. The number of carboxylic acid groups (broad SMARTS) is 1. The number of hydrogen-bond donors (Lipinski definition) is 3. The molecule has 0 fully saturated rings. The van der Waals surface area contributed by atoms with Crippen LogP contribution in [0.3, 0.4) is 0 Å². The molecule has 2 rings (SSSR count). The number of hydrogen-bond acceptors (Lipinski definition) is 2. The number of fused-ring (bicyclic) bond motifs is 1. The zero-order chi connectivity index (χ0) is 14.5. The Labute approximate surface area is 111 Å². The van der Waals surface area contributed by atoms with Crippen molar-refractivity contribution >= 4 is 22.8 Å². The Morgan fingerprint density at radius 3 is 3.05 bits per heavy atom. The molecule has 1 atom stereocenters. The number of rotatable bonds is 5. The van der Waals surface area contributed by atoms with E-state index in [1.54, 1.807) is 6.20 Å². The first-order valence-electron chi connectivity index (χ1n) is 6.33. The second-order valence-corrected chi connectivity index (χ2v) is 4.13. The van der Waals surface area contributed by atoms with Crippen LogP contribution in [0.5, 0.6) is 0 Å². The van der Waals surface area contributed by atoms with Crippen molar-refractivity contribution in [3.8, 4) is 0 Å². The van der Waals surface area contributed by atoms with E-state index in [9.17, 15) is 9.59 Å². The number of nitrogens with one attached hydrogen (secondary N) is 2. The first-order chi connectivity index (χ1) is 9.61. The molecule has 98 valence electrons. The van der Waals surface area contributed by atoms with Crippen LogP contribution in [-0.4, -0.2) is 28.0 Å². The molecule has 0 aliphatic rings. The van der Waals surface area contributed by atoms with Crippen LogP contribution >= 0.6 is 0 Å². The summed E-state index contributed by atoms with van der Waals surface area (Å²) in [6, 6.07) is 6.52. The van der Waals surface area contributed by atoms with Gasteiger partial charge in [0.25, 0.3) is 0 Å². The van der Waals surface area contributed by atoms with Crippen molar-refractivity contribution in [1.29, 1.82) is 0 Å². The summed E-state index contributed by atoms with van der Waals surface area (Å²) in [7, 11) is 0. The number of benzene rings is 1. The summed E-state index contributed by atoms with van der Waals surface area (Å²) >= 11 is 0. The molecule has 0 aliphatic heterocycles. The number of carboxylic acids is 1. The van der Waals surface area contributed by atoms with E-state index in [1.165, 1.54) is 0 Å². The van der Waals surface area contributed by atoms with Crippen LogP contribution < -0.4 is 5.32 Å². The molecule has 1 amide bonds. The molecule has 19 heavy (non-hydrogen) atoms. The average molecular weight is 259 g/mol. The van der Waals surface area contributed by atoms with E-state index >= 15 is 0 Å². The Hall–Kier alpha value is -2.56. The fourth-order valence-electron chi connectivity index (χ4n) is 1.94. The van der Waals surface area contributed by atoms with Gasteiger partial charge in [-0.3, -0.25) is 4.79 Å². The number of para-hydroxylation sites is 1. The summed E-state index contributed by atoms with van der Waals surface area (Å²) in [6.45, 7) is 0.819. The van der Waals surface area contributed by atoms with Crippen LogP contribution in [0, 0.1) is 0 Å². The van der Waals surface area contributed by atoms with Gasteiger partial charge in [-0.2, -0.15) is 0 Å². The average Bonchev–Trinajstić information content (AvgIpc) is 2.82. The maximum atomic E-state index is 11.4. The summed E-state index contributed by atoms with van der Waals surface area (Å²) in [5.41, 5.74) is 1.74. The molecule has 0 unspecified atom stereocenters. The summed E-state index contributed by atoms with van der Waals surface area (Å²) in [6.07, 6.45) is 2.90. The molecule has 0 bridgehead atoms. The van der Waals surface area contributed by atoms with E-state index < -0.39 is 17.9 Å². The number of carbonyl (C=O) groups excluding carboxylic acids is 1. The van der Waals surface area contributed by atoms with Gasteiger partial charge in [0.1, 0.15) is 6.04 Å². The lowest BCUT2D eigenvalue weighted by molar-refractivity contribution is -0.141. The van der Waals surface area contributed by atoms with Gasteiger partial charge in [-0.1, -0.05) is 24.8 Å². The van der Waals surface area contributed by atoms with E-state index in [2.05, 4.69) is 10.3 Å². The highest BCUT2D eigenvalue weighted by atomic mass is 16.4. The Kier molecular flexibility index (Phi) is 3.27. The lowest BCUT2D eigenvalue weighted by atomic mass is 10.1. The zero-order valence-corrected chi connectivity index (χ0v) is 10.1. The predicted molar refractivity (Wildman–Crippen MR) is 71.8 cm³/mol. The van der Waals surface area contributed by atoms with Crippen molar-refractivity contribution in [2.45, 2.75) is 12.5 Å². The number of amides is 1. The molecule has 0 saturated carbocycles. The first kappa shape index (κ1) is 11.5. The lowest BCUT2D eigenvalue weighted by Crippen LogP contribution is -2.41. The highest BCUT2D eigenvalue weighted by Crippen LogP contribution is 2.19. The third kappa shape index (κ3) is 2.82. The van der Waals surface area contributed by atoms with E-state index in [1.807, 2.05) is 24.3 Å². The van der Waals surface area contributed by atoms with Gasteiger partial charge in [-0.15, -0.1) is 0 Å². The largest absolute Gasteiger partial charge is 0.480 e. The van der Waals surface area contributed by atoms with Crippen molar-refractivity contribution in [2.24, 2.45) is 0 Å². The summed E-state index contributed by atoms with van der Waals surface area (Å²) in [5, 5.41) is 12.5. The van der Waals surface area contributed by atoms with Crippen molar-refractivity contribution in [3.63, 3.8) is 0 Å². The highest BCUT2D eigenvalue weighted by molar-refractivity contribution is 5.91. The number of aromatic nitrogens is 1. The third-order valence-corrected chi connectivity index (χ3v) is 2.86. The molecular weight excluding hydrogens is 244 g/mol. The third-order valence-electron chi connectivity index (χ3n) is 2.86. The summed E-state index contributed by atoms with van der Waals surface area (Å²) in [4.78, 5) is 25.6. The molecule has 3 N–H and O–H groups in total. The van der Waals surface area contributed by atoms with Crippen LogP contribution in [0.4, 0.5) is 0 Å². The maximum absolute atomic E-state index is 11.4. The molecule has 5 nitrogen and oxygen atoms in total. The second kappa shape index (κ2) is 5.39. The van der Waals surface area contributed by atoms with Gasteiger partial charge in [0.2, 0.25) is 5.91 Å². The van der Waals surface area contributed by atoms with E-state index in [0.29, 0.717) is 0 Å². The van der Waals surface area contributed by atoms with Gasteiger partial charge in [-0.25, -0.2) is 4.79 Å². The Morgan fingerprint density at radius 2 is 2.32 bits per heavy atom. The molecule has 0 aliphatic carbocycles. The molecule has 5 heteroatoms. The van der Waals surface area contributed by atoms with Gasteiger partial charge < -0.3 is 15.4 Å². The smallest absolute Gasteiger partial charge is 0.326 e. The Morgan fingerprint density at radius 1 is 1.53 bits per heavy atom. The number of aliphatic carboxylic acids is 1. The van der Waals surface area contributed by atoms with Gasteiger partial charge in [0.05, 0.1) is 1.37 Å². The highest BCUT2D eigenvalue weighted by Gasteiger charge is 2.20. The summed E-state index contributed by atoms with van der Waals surface area (Å²) in [5.74, 6) is -1.70. The minimum atomic E-state index is -1.11. The first-order valence-corrected chi connectivity index (χ1v) is 5.75. The predicted octanol–water partition coefficient (Wildman–Crippen LogP) is 1.47. The number of aromatic amines is 1. The van der Waals surface area contributed by atoms with Crippen molar-refractivity contribution < 1.29 is 16.1 Å². The Balaban J connectivity index is 2.20.